The number of carbonyl (C=O) groups is 1. The molecule has 1 aliphatic rings. The zero-order valence-electron chi connectivity index (χ0n) is 11.7. The lowest BCUT2D eigenvalue weighted by Crippen LogP contribution is -2.34. The lowest BCUT2D eigenvalue weighted by Gasteiger charge is -2.13. The van der Waals surface area contributed by atoms with Crippen molar-refractivity contribution in [3.63, 3.8) is 0 Å². The summed E-state index contributed by atoms with van der Waals surface area (Å²) in [5.74, 6) is 2.71. The Morgan fingerprint density at radius 1 is 1.60 bits per heavy atom. The second-order valence-electron chi connectivity index (χ2n) is 4.89. The molecule has 1 fully saturated rings. The molecule has 6 heteroatoms. The first-order valence-electron chi connectivity index (χ1n) is 6.91. The van der Waals surface area contributed by atoms with Gasteiger partial charge in [-0.15, -0.1) is 12.3 Å². The molecule has 1 aromatic rings. The second kappa shape index (κ2) is 6.62. The number of nitrogens with one attached hydrogen (secondary N) is 1. The Bertz CT molecular complexity index is 514. The Morgan fingerprint density at radius 2 is 2.30 bits per heavy atom. The molecule has 20 heavy (non-hydrogen) atoms. The number of nitrogen functional groups attached to an aromatic ring is 1. The molecule has 2 rings (SSSR count). The molecule has 0 bridgehead atoms. The predicted octanol–water partition coefficient (Wildman–Crippen LogP) is 1.86. The largest absolute Gasteiger partial charge is 0.382 e. The zero-order valence-corrected chi connectivity index (χ0v) is 12.5. The monoisotopic (exact) mass is 292 g/mol. The van der Waals surface area contributed by atoms with Crippen LogP contribution in [0.4, 0.5) is 10.9 Å². The molecule has 1 aliphatic heterocycles. The maximum Gasteiger partial charge on any atom is 0.265 e. The van der Waals surface area contributed by atoms with Crippen LogP contribution in [0, 0.1) is 12.3 Å². The third kappa shape index (κ3) is 3.23. The van der Waals surface area contributed by atoms with E-state index in [2.05, 4.69) is 21.1 Å². The van der Waals surface area contributed by atoms with Gasteiger partial charge >= 0.3 is 0 Å². The van der Waals surface area contributed by atoms with Crippen molar-refractivity contribution >= 4 is 28.2 Å². The van der Waals surface area contributed by atoms with E-state index >= 15 is 0 Å². The molecule has 0 radical (unpaired) electrons. The van der Waals surface area contributed by atoms with Crippen LogP contribution in [0.5, 0.6) is 0 Å². The minimum absolute atomic E-state index is 0.00997. The van der Waals surface area contributed by atoms with Crippen LogP contribution in [0.2, 0.25) is 0 Å². The number of nitrogens with zero attached hydrogens (tertiary/aromatic N) is 2. The molecule has 1 amide bonds. The fraction of sp³-hybridized carbons (Fsp3) is 0.571. The van der Waals surface area contributed by atoms with Crippen LogP contribution in [0.15, 0.2) is 0 Å². The van der Waals surface area contributed by atoms with Gasteiger partial charge in [0.15, 0.2) is 5.13 Å². The van der Waals surface area contributed by atoms with Gasteiger partial charge in [-0.3, -0.25) is 4.79 Å². The maximum absolute atomic E-state index is 12.2. The van der Waals surface area contributed by atoms with Crippen molar-refractivity contribution in [1.29, 1.82) is 0 Å². The summed E-state index contributed by atoms with van der Waals surface area (Å²) in [5.41, 5.74) is 5.87. The van der Waals surface area contributed by atoms with Gasteiger partial charge in [0.1, 0.15) is 10.7 Å². The number of hydrogen-bond acceptors (Lipinski definition) is 5. The molecule has 1 aromatic heterocycles. The van der Waals surface area contributed by atoms with Gasteiger partial charge in [0.2, 0.25) is 0 Å². The molecule has 2 heterocycles. The third-order valence-electron chi connectivity index (χ3n) is 3.42. The Kier molecular flexibility index (Phi) is 4.85. The van der Waals surface area contributed by atoms with Gasteiger partial charge in [0.05, 0.1) is 0 Å². The van der Waals surface area contributed by atoms with Crippen molar-refractivity contribution in [2.75, 3.05) is 23.7 Å². The highest BCUT2D eigenvalue weighted by atomic mass is 32.1. The van der Waals surface area contributed by atoms with Crippen molar-refractivity contribution in [1.82, 2.24) is 10.3 Å². The van der Waals surface area contributed by atoms with Gasteiger partial charge < -0.3 is 16.0 Å². The second-order valence-corrected chi connectivity index (χ2v) is 5.87. The average Bonchev–Trinajstić information content (AvgIpc) is 3.06. The fourth-order valence-corrected chi connectivity index (χ4v) is 3.16. The molecule has 1 saturated heterocycles. The number of anilines is 2. The first-order chi connectivity index (χ1) is 9.65. The van der Waals surface area contributed by atoms with Crippen molar-refractivity contribution in [3.05, 3.63) is 4.88 Å². The number of hydrogen-bond donors (Lipinski definition) is 2. The summed E-state index contributed by atoms with van der Waals surface area (Å²) in [7, 11) is 0. The number of amides is 1. The summed E-state index contributed by atoms with van der Waals surface area (Å²) in [4.78, 5) is 19.2. The normalized spacial score (nSPS) is 15.9. The van der Waals surface area contributed by atoms with Gasteiger partial charge in [0.25, 0.3) is 5.91 Å². The average molecular weight is 292 g/mol. The van der Waals surface area contributed by atoms with E-state index in [0.717, 1.165) is 24.6 Å². The fourth-order valence-electron chi connectivity index (χ4n) is 2.22. The Hall–Kier alpha value is -1.74. The van der Waals surface area contributed by atoms with Crippen LogP contribution < -0.4 is 16.0 Å². The third-order valence-corrected chi connectivity index (χ3v) is 4.55. The maximum atomic E-state index is 12.2. The summed E-state index contributed by atoms with van der Waals surface area (Å²) in [6.07, 6.45) is 8.96. The van der Waals surface area contributed by atoms with Crippen LogP contribution in [0.3, 0.4) is 0 Å². The number of aromatic nitrogens is 1. The van der Waals surface area contributed by atoms with E-state index in [0.29, 0.717) is 17.1 Å². The van der Waals surface area contributed by atoms with Crippen molar-refractivity contribution in [2.24, 2.45) is 0 Å². The molecule has 0 aliphatic carbocycles. The van der Waals surface area contributed by atoms with Gasteiger partial charge in [-0.2, -0.15) is 0 Å². The molecule has 1 atom stereocenters. The number of carbonyl (C=O) groups excluding carboxylic acids is 1. The molecule has 0 aromatic carbocycles. The summed E-state index contributed by atoms with van der Waals surface area (Å²) < 4.78 is 0. The minimum Gasteiger partial charge on any atom is -0.382 e. The quantitative estimate of drug-likeness (QED) is 0.813. The van der Waals surface area contributed by atoms with Crippen LogP contribution in [-0.2, 0) is 0 Å². The molecular formula is C14H20N4OS. The highest BCUT2D eigenvalue weighted by Gasteiger charge is 2.22. The summed E-state index contributed by atoms with van der Waals surface area (Å²) in [6.45, 7) is 3.97. The molecule has 5 nitrogen and oxygen atoms in total. The van der Waals surface area contributed by atoms with E-state index in [-0.39, 0.29) is 11.9 Å². The van der Waals surface area contributed by atoms with Gasteiger partial charge in [-0.25, -0.2) is 4.98 Å². The van der Waals surface area contributed by atoms with Gasteiger partial charge in [0, 0.05) is 25.6 Å². The first-order valence-corrected chi connectivity index (χ1v) is 7.73. The van der Waals surface area contributed by atoms with E-state index in [1.807, 2.05) is 6.92 Å². The highest BCUT2D eigenvalue weighted by molar-refractivity contribution is 7.18. The molecule has 108 valence electrons. The lowest BCUT2D eigenvalue weighted by molar-refractivity contribution is 0.0941. The Morgan fingerprint density at radius 3 is 2.90 bits per heavy atom. The molecule has 3 N–H and O–H groups in total. The lowest BCUT2D eigenvalue weighted by atomic mass is 10.1. The van der Waals surface area contributed by atoms with Crippen LogP contribution in [-0.4, -0.2) is 30.0 Å². The zero-order chi connectivity index (χ0) is 14.5. The Labute approximate surface area is 123 Å². The van der Waals surface area contributed by atoms with Gasteiger partial charge in [-0.1, -0.05) is 18.3 Å². The summed E-state index contributed by atoms with van der Waals surface area (Å²) >= 11 is 1.36. The smallest absolute Gasteiger partial charge is 0.265 e. The first kappa shape index (κ1) is 14.7. The predicted molar refractivity (Wildman–Crippen MR) is 83.0 cm³/mol. The summed E-state index contributed by atoms with van der Waals surface area (Å²) in [6, 6.07) is -0.00997. The molecule has 1 unspecified atom stereocenters. The molecule has 0 spiro atoms. The van der Waals surface area contributed by atoms with Crippen LogP contribution in [0.1, 0.15) is 42.3 Å². The number of nitrogens with two attached hydrogens (primary N) is 1. The van der Waals surface area contributed by atoms with E-state index in [4.69, 9.17) is 12.2 Å². The number of terminal acetylenes is 1. The van der Waals surface area contributed by atoms with Crippen molar-refractivity contribution in [2.45, 2.75) is 38.6 Å². The van der Waals surface area contributed by atoms with E-state index in [9.17, 15) is 4.79 Å². The Balaban J connectivity index is 2.08. The standard InChI is InChI=1S/C14H20N4OS/c1-3-7-10(4-2)16-13(19)11-12(15)17-14(20-11)18-8-5-6-9-18/h1,10H,4-9,15H2,2H3,(H,16,19). The number of thiazole rings is 1. The van der Waals surface area contributed by atoms with E-state index in [1.165, 1.54) is 24.2 Å². The van der Waals surface area contributed by atoms with E-state index < -0.39 is 0 Å². The van der Waals surface area contributed by atoms with Crippen molar-refractivity contribution in [3.8, 4) is 12.3 Å². The summed E-state index contributed by atoms with van der Waals surface area (Å²) in [5, 5.41) is 3.76. The topological polar surface area (TPSA) is 71.2 Å². The molecular weight excluding hydrogens is 272 g/mol. The van der Waals surface area contributed by atoms with Crippen molar-refractivity contribution < 1.29 is 4.79 Å². The van der Waals surface area contributed by atoms with Crippen LogP contribution >= 0.6 is 11.3 Å². The van der Waals surface area contributed by atoms with Crippen LogP contribution in [0.25, 0.3) is 0 Å². The molecule has 0 saturated carbocycles. The minimum atomic E-state index is -0.174. The SMILES string of the molecule is C#CCC(CC)NC(=O)c1sc(N2CCCC2)nc1N. The van der Waals surface area contributed by atoms with Gasteiger partial charge in [-0.05, 0) is 19.3 Å². The van der Waals surface area contributed by atoms with E-state index in [1.54, 1.807) is 0 Å². The highest BCUT2D eigenvalue weighted by Crippen LogP contribution is 2.30. The number of rotatable bonds is 5.